The van der Waals surface area contributed by atoms with Crippen LogP contribution in [0.3, 0.4) is 0 Å². The quantitative estimate of drug-likeness (QED) is 0.853. The highest BCUT2D eigenvalue weighted by Gasteiger charge is 2.07. The summed E-state index contributed by atoms with van der Waals surface area (Å²) in [5.41, 5.74) is 3.53. The van der Waals surface area contributed by atoms with E-state index in [1.54, 1.807) is 7.11 Å². The van der Waals surface area contributed by atoms with Crippen molar-refractivity contribution < 1.29 is 9.47 Å². The Morgan fingerprint density at radius 2 is 1.86 bits per heavy atom. The molecule has 0 saturated heterocycles. The van der Waals surface area contributed by atoms with E-state index in [-0.39, 0.29) is 6.10 Å². The molecule has 2 aromatic carbocycles. The summed E-state index contributed by atoms with van der Waals surface area (Å²) in [6.45, 7) is 6.85. The zero-order chi connectivity index (χ0) is 15.2. The molecule has 0 aliphatic rings. The van der Waals surface area contributed by atoms with Gasteiger partial charge >= 0.3 is 0 Å². The zero-order valence-electron chi connectivity index (χ0n) is 13.1. The molecular formula is C18H23NO2. The van der Waals surface area contributed by atoms with Crippen LogP contribution in [0.15, 0.2) is 42.5 Å². The Labute approximate surface area is 126 Å². The second-order valence-corrected chi connectivity index (χ2v) is 5.37. The number of hydrogen-bond donors (Lipinski definition) is 1. The van der Waals surface area contributed by atoms with Gasteiger partial charge in [0, 0.05) is 12.2 Å². The van der Waals surface area contributed by atoms with E-state index in [0.29, 0.717) is 0 Å². The summed E-state index contributed by atoms with van der Waals surface area (Å²) in [5.74, 6) is 1.55. The minimum atomic E-state index is 0.134. The maximum Gasteiger partial charge on any atom is 0.161 e. The molecule has 0 spiro atoms. The predicted octanol–water partition coefficient (Wildman–Crippen LogP) is 4.40. The fourth-order valence-corrected chi connectivity index (χ4v) is 2.13. The fourth-order valence-electron chi connectivity index (χ4n) is 2.13. The lowest BCUT2D eigenvalue weighted by molar-refractivity contribution is 0.230. The molecule has 2 aromatic rings. The van der Waals surface area contributed by atoms with E-state index in [1.807, 2.05) is 26.0 Å². The largest absolute Gasteiger partial charge is 0.493 e. The topological polar surface area (TPSA) is 30.5 Å². The monoisotopic (exact) mass is 285 g/mol. The van der Waals surface area contributed by atoms with Gasteiger partial charge in [-0.2, -0.15) is 0 Å². The Bertz CT molecular complexity index is 594. The molecule has 0 atom stereocenters. The normalized spacial score (nSPS) is 10.5. The first-order valence-electron chi connectivity index (χ1n) is 7.22. The lowest BCUT2D eigenvalue weighted by Gasteiger charge is -2.15. The van der Waals surface area contributed by atoms with Crippen LogP contribution in [0, 0.1) is 6.92 Å². The molecule has 0 fully saturated rings. The lowest BCUT2D eigenvalue weighted by atomic mass is 10.1. The SMILES string of the molecule is COc1cc(CNc2cccc(C)c2)ccc1OC(C)C. The van der Waals surface area contributed by atoms with Gasteiger partial charge in [0.25, 0.3) is 0 Å². The third kappa shape index (κ3) is 4.42. The molecule has 3 nitrogen and oxygen atoms in total. The van der Waals surface area contributed by atoms with Gasteiger partial charge in [-0.15, -0.1) is 0 Å². The Kier molecular flexibility index (Phi) is 5.09. The number of nitrogens with one attached hydrogen (secondary N) is 1. The predicted molar refractivity (Wildman–Crippen MR) is 87.3 cm³/mol. The molecule has 112 valence electrons. The van der Waals surface area contributed by atoms with E-state index in [0.717, 1.165) is 29.3 Å². The van der Waals surface area contributed by atoms with Crippen molar-refractivity contribution in [3.63, 3.8) is 0 Å². The Balaban J connectivity index is 2.07. The van der Waals surface area contributed by atoms with Gasteiger partial charge in [-0.1, -0.05) is 18.2 Å². The number of rotatable bonds is 6. The molecule has 0 aromatic heterocycles. The fraction of sp³-hybridized carbons (Fsp3) is 0.333. The number of aryl methyl sites for hydroxylation is 1. The molecular weight excluding hydrogens is 262 g/mol. The molecule has 0 aliphatic heterocycles. The van der Waals surface area contributed by atoms with Crippen LogP contribution in [0.1, 0.15) is 25.0 Å². The molecule has 0 heterocycles. The van der Waals surface area contributed by atoms with Crippen molar-refractivity contribution in [3.05, 3.63) is 53.6 Å². The highest BCUT2D eigenvalue weighted by atomic mass is 16.5. The summed E-state index contributed by atoms with van der Waals surface area (Å²) >= 11 is 0. The van der Waals surface area contributed by atoms with Crippen LogP contribution < -0.4 is 14.8 Å². The first kappa shape index (κ1) is 15.2. The summed E-state index contributed by atoms with van der Waals surface area (Å²) in [6, 6.07) is 14.4. The number of hydrogen-bond acceptors (Lipinski definition) is 3. The van der Waals surface area contributed by atoms with Gasteiger partial charge in [0.05, 0.1) is 13.2 Å². The van der Waals surface area contributed by atoms with Gasteiger partial charge in [-0.3, -0.25) is 0 Å². The number of methoxy groups -OCH3 is 1. The summed E-state index contributed by atoms with van der Waals surface area (Å²) < 4.78 is 11.1. The van der Waals surface area contributed by atoms with Crippen molar-refractivity contribution in [3.8, 4) is 11.5 Å². The van der Waals surface area contributed by atoms with E-state index in [1.165, 1.54) is 5.56 Å². The Morgan fingerprint density at radius 3 is 2.52 bits per heavy atom. The average molecular weight is 285 g/mol. The maximum atomic E-state index is 5.72. The Morgan fingerprint density at radius 1 is 1.05 bits per heavy atom. The lowest BCUT2D eigenvalue weighted by Crippen LogP contribution is -2.07. The molecule has 3 heteroatoms. The third-order valence-corrected chi connectivity index (χ3v) is 3.11. The van der Waals surface area contributed by atoms with Crippen LogP contribution in [0.2, 0.25) is 0 Å². The molecule has 21 heavy (non-hydrogen) atoms. The van der Waals surface area contributed by atoms with Crippen LogP contribution in [0.5, 0.6) is 11.5 Å². The molecule has 0 aliphatic carbocycles. The van der Waals surface area contributed by atoms with Gasteiger partial charge in [0.15, 0.2) is 11.5 Å². The maximum absolute atomic E-state index is 5.72. The van der Waals surface area contributed by atoms with Crippen molar-refractivity contribution in [2.45, 2.75) is 33.4 Å². The molecule has 0 bridgehead atoms. The standard InChI is InChI=1S/C18H23NO2/c1-13(2)21-17-9-8-15(11-18(17)20-4)12-19-16-7-5-6-14(3)10-16/h5-11,13,19H,12H2,1-4H3. The Hall–Kier alpha value is -2.16. The third-order valence-electron chi connectivity index (χ3n) is 3.11. The number of anilines is 1. The van der Waals surface area contributed by atoms with E-state index in [2.05, 4.69) is 42.6 Å². The first-order valence-corrected chi connectivity index (χ1v) is 7.22. The molecule has 0 radical (unpaired) electrons. The van der Waals surface area contributed by atoms with Crippen molar-refractivity contribution in [1.82, 2.24) is 0 Å². The smallest absolute Gasteiger partial charge is 0.161 e. The molecule has 0 amide bonds. The van der Waals surface area contributed by atoms with Gasteiger partial charge < -0.3 is 14.8 Å². The second kappa shape index (κ2) is 7.02. The average Bonchev–Trinajstić information content (AvgIpc) is 2.45. The summed E-state index contributed by atoms with van der Waals surface area (Å²) in [7, 11) is 1.67. The van der Waals surface area contributed by atoms with Gasteiger partial charge in [0.1, 0.15) is 0 Å². The summed E-state index contributed by atoms with van der Waals surface area (Å²) in [6.07, 6.45) is 0.134. The van der Waals surface area contributed by atoms with Crippen molar-refractivity contribution in [2.75, 3.05) is 12.4 Å². The van der Waals surface area contributed by atoms with E-state index in [4.69, 9.17) is 9.47 Å². The van der Waals surface area contributed by atoms with E-state index < -0.39 is 0 Å². The van der Waals surface area contributed by atoms with Gasteiger partial charge in [-0.05, 0) is 56.2 Å². The van der Waals surface area contributed by atoms with Crippen LogP contribution in [0.4, 0.5) is 5.69 Å². The molecule has 1 N–H and O–H groups in total. The van der Waals surface area contributed by atoms with Crippen molar-refractivity contribution >= 4 is 5.69 Å². The van der Waals surface area contributed by atoms with Crippen LogP contribution in [-0.4, -0.2) is 13.2 Å². The molecule has 0 unspecified atom stereocenters. The highest BCUT2D eigenvalue weighted by Crippen LogP contribution is 2.29. The van der Waals surface area contributed by atoms with Crippen molar-refractivity contribution in [2.24, 2.45) is 0 Å². The first-order chi connectivity index (χ1) is 10.1. The van der Waals surface area contributed by atoms with Gasteiger partial charge in [0.2, 0.25) is 0 Å². The summed E-state index contributed by atoms with van der Waals surface area (Å²) in [5, 5.41) is 3.42. The van der Waals surface area contributed by atoms with Gasteiger partial charge in [-0.25, -0.2) is 0 Å². The van der Waals surface area contributed by atoms with E-state index in [9.17, 15) is 0 Å². The van der Waals surface area contributed by atoms with E-state index >= 15 is 0 Å². The molecule has 2 rings (SSSR count). The van der Waals surface area contributed by atoms with Crippen LogP contribution in [-0.2, 0) is 6.54 Å². The molecule has 0 saturated carbocycles. The highest BCUT2D eigenvalue weighted by molar-refractivity contribution is 5.48. The number of ether oxygens (including phenoxy) is 2. The second-order valence-electron chi connectivity index (χ2n) is 5.37. The van der Waals surface area contributed by atoms with Crippen molar-refractivity contribution in [1.29, 1.82) is 0 Å². The minimum Gasteiger partial charge on any atom is -0.493 e. The zero-order valence-corrected chi connectivity index (χ0v) is 13.1. The minimum absolute atomic E-state index is 0.134. The summed E-state index contributed by atoms with van der Waals surface area (Å²) in [4.78, 5) is 0. The van der Waals surface area contributed by atoms with Crippen LogP contribution >= 0.6 is 0 Å². The van der Waals surface area contributed by atoms with Crippen LogP contribution in [0.25, 0.3) is 0 Å². The number of benzene rings is 2.